The summed E-state index contributed by atoms with van der Waals surface area (Å²) in [6, 6.07) is 33.6. The number of hydrogen-bond acceptors (Lipinski definition) is 3. The largest absolute Gasteiger partial charge is 0.465 e. The average Bonchev–Trinajstić information content (AvgIpc) is 3.42. The van der Waals surface area contributed by atoms with Crippen LogP contribution in [0.3, 0.4) is 0 Å². The Morgan fingerprint density at radius 3 is 1.70 bits per heavy atom. The van der Waals surface area contributed by atoms with E-state index in [4.69, 9.17) is 4.42 Å². The quantitative estimate of drug-likeness (QED) is 0.169. The van der Waals surface area contributed by atoms with Crippen LogP contribution in [0.4, 0.5) is 0 Å². The summed E-state index contributed by atoms with van der Waals surface area (Å²) >= 11 is 0. The van der Waals surface area contributed by atoms with Crippen LogP contribution in [0.25, 0.3) is 44.3 Å². The molecular weight excluding hydrogens is 669 g/mol. The first kappa shape index (κ1) is 29.4. The molecule has 0 saturated carbocycles. The fourth-order valence-corrected chi connectivity index (χ4v) is 4.52. The summed E-state index contributed by atoms with van der Waals surface area (Å²) in [6.45, 7) is 13.2. The molecule has 0 fully saturated rings. The van der Waals surface area contributed by atoms with Crippen LogP contribution < -0.4 is 0 Å². The monoisotopic (exact) mass is 703 g/mol. The normalized spacial score (nSPS) is 11.6. The molecule has 3 nitrogen and oxygen atoms in total. The number of aromatic nitrogens is 2. The SMILES string of the molecule is CC(C)(C)c1c[c-]c(-c2nccc3ccccc23)cc1.CC(C)(C)c1c[c-]c(-c2nccc3occc23)cc1.[Ir]. The van der Waals surface area contributed by atoms with Crippen molar-refractivity contribution in [3.05, 3.63) is 121 Å². The van der Waals surface area contributed by atoms with E-state index in [9.17, 15) is 0 Å². The number of benzene rings is 3. The predicted octanol–water partition coefficient (Wildman–Crippen LogP) is 9.59. The maximum absolute atomic E-state index is 5.40. The van der Waals surface area contributed by atoms with Gasteiger partial charge in [-0.15, -0.1) is 70.8 Å². The van der Waals surface area contributed by atoms with E-state index in [2.05, 4.69) is 124 Å². The molecule has 0 saturated heterocycles. The molecule has 3 aromatic carbocycles. The summed E-state index contributed by atoms with van der Waals surface area (Å²) in [7, 11) is 0. The summed E-state index contributed by atoms with van der Waals surface area (Å²) in [5.41, 5.74) is 7.70. The van der Waals surface area contributed by atoms with E-state index in [0.717, 1.165) is 33.5 Å². The topological polar surface area (TPSA) is 38.9 Å². The number of hydrogen-bond donors (Lipinski definition) is 0. The Hall–Kier alpha value is -3.59. The van der Waals surface area contributed by atoms with Gasteiger partial charge in [0.15, 0.2) is 0 Å². The van der Waals surface area contributed by atoms with Crippen LogP contribution in [-0.2, 0) is 30.9 Å². The number of nitrogens with zero attached hydrogens (tertiary/aromatic N) is 2. The zero-order valence-electron chi connectivity index (χ0n) is 23.9. The van der Waals surface area contributed by atoms with Crippen molar-refractivity contribution < 1.29 is 24.5 Å². The van der Waals surface area contributed by atoms with Crippen molar-refractivity contribution in [3.63, 3.8) is 0 Å². The van der Waals surface area contributed by atoms with Crippen LogP contribution in [0.5, 0.6) is 0 Å². The van der Waals surface area contributed by atoms with Gasteiger partial charge in [0.2, 0.25) is 0 Å². The number of pyridine rings is 2. The van der Waals surface area contributed by atoms with Gasteiger partial charge in [-0.25, -0.2) is 0 Å². The van der Waals surface area contributed by atoms with Crippen LogP contribution in [-0.4, -0.2) is 9.97 Å². The minimum absolute atomic E-state index is 0. The van der Waals surface area contributed by atoms with Crippen molar-refractivity contribution >= 4 is 21.7 Å². The van der Waals surface area contributed by atoms with Gasteiger partial charge < -0.3 is 14.4 Å². The average molecular weight is 703 g/mol. The van der Waals surface area contributed by atoms with Gasteiger partial charge in [0.05, 0.1) is 6.26 Å². The fourth-order valence-electron chi connectivity index (χ4n) is 4.52. The van der Waals surface area contributed by atoms with E-state index in [0.29, 0.717) is 0 Å². The van der Waals surface area contributed by atoms with Gasteiger partial charge in [-0.2, -0.15) is 0 Å². The molecule has 4 heteroatoms. The molecule has 0 atom stereocenters. The molecule has 3 heterocycles. The van der Waals surface area contributed by atoms with Crippen molar-refractivity contribution in [2.24, 2.45) is 0 Å². The Morgan fingerprint density at radius 1 is 0.600 bits per heavy atom. The van der Waals surface area contributed by atoms with E-state index in [1.54, 1.807) is 12.5 Å². The molecule has 0 aliphatic heterocycles. The van der Waals surface area contributed by atoms with Crippen LogP contribution in [0.1, 0.15) is 52.7 Å². The third-order valence-corrected chi connectivity index (χ3v) is 6.92. The summed E-state index contributed by atoms with van der Waals surface area (Å²) in [6.07, 6.45) is 5.33. The Labute approximate surface area is 251 Å². The first-order chi connectivity index (χ1) is 18.6. The van der Waals surface area contributed by atoms with Gasteiger partial charge >= 0.3 is 0 Å². The van der Waals surface area contributed by atoms with Gasteiger partial charge in [0, 0.05) is 37.9 Å². The second-order valence-electron chi connectivity index (χ2n) is 11.9. The zero-order valence-corrected chi connectivity index (χ0v) is 26.3. The van der Waals surface area contributed by atoms with E-state index in [1.165, 1.54) is 21.9 Å². The van der Waals surface area contributed by atoms with Crippen LogP contribution in [0.15, 0.2) is 102 Å². The van der Waals surface area contributed by atoms with E-state index in [-0.39, 0.29) is 30.9 Å². The van der Waals surface area contributed by atoms with E-state index >= 15 is 0 Å². The van der Waals surface area contributed by atoms with E-state index < -0.39 is 0 Å². The molecule has 0 bridgehead atoms. The molecule has 0 aliphatic rings. The third-order valence-electron chi connectivity index (χ3n) is 6.92. The number of furan rings is 1. The Bertz CT molecular complexity index is 1700. The van der Waals surface area contributed by atoms with Crippen LogP contribution in [0.2, 0.25) is 0 Å². The molecule has 205 valence electrons. The number of fused-ring (bicyclic) bond motifs is 2. The Morgan fingerprint density at radius 2 is 1.15 bits per heavy atom. The molecule has 0 unspecified atom stereocenters. The van der Waals surface area contributed by atoms with Crippen molar-refractivity contribution in [2.75, 3.05) is 0 Å². The van der Waals surface area contributed by atoms with Gasteiger partial charge in [0.25, 0.3) is 0 Å². The van der Waals surface area contributed by atoms with Gasteiger partial charge in [-0.05, 0) is 51.2 Å². The summed E-state index contributed by atoms with van der Waals surface area (Å²) < 4.78 is 5.40. The molecule has 0 N–H and O–H groups in total. The fraction of sp³-hybridized carbons (Fsp3) is 0.222. The van der Waals surface area contributed by atoms with E-state index in [1.807, 2.05) is 24.4 Å². The smallest absolute Gasteiger partial charge is 0.128 e. The van der Waals surface area contributed by atoms with Crippen molar-refractivity contribution in [2.45, 2.75) is 52.4 Å². The minimum Gasteiger partial charge on any atom is -0.465 e. The molecule has 0 amide bonds. The number of rotatable bonds is 2. The minimum atomic E-state index is 0. The van der Waals surface area contributed by atoms with Gasteiger partial charge in [-0.3, -0.25) is 0 Å². The molecule has 1 radical (unpaired) electrons. The van der Waals surface area contributed by atoms with Gasteiger partial charge in [0.1, 0.15) is 5.58 Å². The van der Waals surface area contributed by atoms with Crippen molar-refractivity contribution in [1.29, 1.82) is 0 Å². The predicted molar refractivity (Wildman–Crippen MR) is 162 cm³/mol. The molecule has 6 rings (SSSR count). The Balaban J connectivity index is 0.000000181. The molecule has 40 heavy (non-hydrogen) atoms. The third kappa shape index (κ3) is 6.41. The van der Waals surface area contributed by atoms with Crippen molar-refractivity contribution in [1.82, 2.24) is 9.97 Å². The van der Waals surface area contributed by atoms with Crippen LogP contribution >= 0.6 is 0 Å². The summed E-state index contributed by atoms with van der Waals surface area (Å²) in [5.74, 6) is 0. The summed E-state index contributed by atoms with van der Waals surface area (Å²) in [5, 5.41) is 3.42. The maximum Gasteiger partial charge on any atom is 0.128 e. The molecule has 0 spiro atoms. The first-order valence-corrected chi connectivity index (χ1v) is 13.3. The Kier molecular flexibility index (Phi) is 8.73. The van der Waals surface area contributed by atoms with Crippen molar-refractivity contribution in [3.8, 4) is 22.5 Å². The molecule has 3 aromatic heterocycles. The second kappa shape index (κ2) is 11.9. The van der Waals surface area contributed by atoms with Gasteiger partial charge in [-0.1, -0.05) is 65.8 Å². The second-order valence-corrected chi connectivity index (χ2v) is 11.9. The summed E-state index contributed by atoms with van der Waals surface area (Å²) in [4.78, 5) is 8.99. The molecule has 6 aromatic rings. The first-order valence-electron chi connectivity index (χ1n) is 13.3. The van der Waals surface area contributed by atoms with Crippen LogP contribution in [0, 0.1) is 12.1 Å². The maximum atomic E-state index is 5.40. The zero-order chi connectivity index (χ0) is 27.6. The molecule has 0 aliphatic carbocycles. The molecular formula is C36H34IrN2O-2. The standard InChI is InChI=1S/C19H18N.C17H16NO.Ir/c1-19(2,3)16-10-8-15(9-11-16)18-17-7-5-4-6-14(17)12-13-20-18;1-17(2,3)13-6-4-12(5-7-13)16-14-9-11-19-15(14)8-10-18-16;/h4-8,10-13H,1-3H3;4,6-11H,1-3H3;/q2*-1;.